The van der Waals surface area contributed by atoms with Crippen molar-refractivity contribution in [3.63, 3.8) is 0 Å². The summed E-state index contributed by atoms with van der Waals surface area (Å²) in [7, 11) is 0. The standard InChI is InChI=1S/C14H20F3IO2/c1-2-20-12-8-7-11(13(18,19)14(15,16)17)9-5-3-4-6-10(9)12/h2,9-12,19H,1,3-8H2. The Balaban J connectivity index is 2.22. The quantitative estimate of drug-likeness (QED) is 0.429. The zero-order valence-electron chi connectivity index (χ0n) is 11.2. The van der Waals surface area contributed by atoms with Gasteiger partial charge >= 0.3 is 6.18 Å². The maximum absolute atomic E-state index is 13.1. The first-order valence-electron chi connectivity index (χ1n) is 7.03. The Kier molecular flexibility index (Phi) is 4.94. The van der Waals surface area contributed by atoms with Crippen LogP contribution in [-0.2, 0) is 4.74 Å². The zero-order chi connectivity index (χ0) is 15.0. The van der Waals surface area contributed by atoms with E-state index in [1.165, 1.54) is 28.9 Å². The lowest BCUT2D eigenvalue weighted by atomic mass is 9.62. The lowest BCUT2D eigenvalue weighted by Gasteiger charge is -2.49. The number of rotatable bonds is 3. The first kappa shape index (κ1) is 16.4. The number of hydrogen-bond acceptors (Lipinski definition) is 2. The van der Waals surface area contributed by atoms with Gasteiger partial charge in [-0.15, -0.1) is 0 Å². The molecule has 0 bridgehead atoms. The average molecular weight is 404 g/mol. The van der Waals surface area contributed by atoms with Gasteiger partial charge in [0.2, 0.25) is 3.61 Å². The molecule has 2 aliphatic rings. The van der Waals surface area contributed by atoms with Gasteiger partial charge in [0.15, 0.2) is 0 Å². The topological polar surface area (TPSA) is 29.5 Å². The van der Waals surface area contributed by atoms with Crippen molar-refractivity contribution in [1.82, 2.24) is 0 Å². The molecule has 0 aromatic carbocycles. The molecule has 2 rings (SSSR count). The predicted molar refractivity (Wildman–Crippen MR) is 78.3 cm³/mol. The number of fused-ring (bicyclic) bond motifs is 1. The predicted octanol–water partition coefficient (Wildman–Crippen LogP) is 4.42. The maximum atomic E-state index is 13.1. The Bertz CT molecular complexity index is 357. The van der Waals surface area contributed by atoms with Crippen LogP contribution in [0.4, 0.5) is 13.2 Å². The second-order valence-corrected chi connectivity index (χ2v) is 7.45. The van der Waals surface area contributed by atoms with Crippen molar-refractivity contribution in [3.8, 4) is 0 Å². The summed E-state index contributed by atoms with van der Waals surface area (Å²) < 4.78 is 42.2. The first-order chi connectivity index (χ1) is 9.29. The Morgan fingerprint density at radius 2 is 1.70 bits per heavy atom. The van der Waals surface area contributed by atoms with Crippen molar-refractivity contribution in [2.45, 2.75) is 54.4 Å². The van der Waals surface area contributed by atoms with Crippen LogP contribution in [0.3, 0.4) is 0 Å². The molecule has 20 heavy (non-hydrogen) atoms. The van der Waals surface area contributed by atoms with Crippen LogP contribution >= 0.6 is 22.6 Å². The minimum absolute atomic E-state index is 0.0468. The molecule has 116 valence electrons. The molecule has 5 unspecified atom stereocenters. The normalized spacial score (nSPS) is 37.6. The van der Waals surface area contributed by atoms with Crippen LogP contribution in [0.1, 0.15) is 38.5 Å². The van der Waals surface area contributed by atoms with E-state index in [1.807, 2.05) is 0 Å². The molecule has 2 fully saturated rings. The Labute approximate surface area is 130 Å². The van der Waals surface area contributed by atoms with E-state index in [4.69, 9.17) is 4.74 Å². The van der Waals surface area contributed by atoms with Crippen LogP contribution in [0, 0.1) is 17.8 Å². The number of halogens is 4. The van der Waals surface area contributed by atoms with Crippen LogP contribution < -0.4 is 0 Å². The summed E-state index contributed by atoms with van der Waals surface area (Å²) >= 11 is 1.19. The maximum Gasteiger partial charge on any atom is 0.426 e. The van der Waals surface area contributed by atoms with Gasteiger partial charge < -0.3 is 9.84 Å². The molecule has 0 heterocycles. The summed E-state index contributed by atoms with van der Waals surface area (Å²) in [4.78, 5) is 0. The third-order valence-electron chi connectivity index (χ3n) is 4.79. The number of ether oxygens (including phenoxy) is 1. The highest BCUT2D eigenvalue weighted by Gasteiger charge is 2.61. The first-order valence-corrected chi connectivity index (χ1v) is 8.11. The molecule has 0 aromatic rings. The van der Waals surface area contributed by atoms with E-state index in [1.54, 1.807) is 0 Å². The number of hydrogen-bond donors (Lipinski definition) is 1. The van der Waals surface area contributed by atoms with Gasteiger partial charge in [-0.05, 0) is 60.1 Å². The Morgan fingerprint density at radius 1 is 1.10 bits per heavy atom. The highest BCUT2D eigenvalue weighted by Crippen LogP contribution is 2.54. The molecule has 0 spiro atoms. The molecule has 0 aliphatic heterocycles. The van der Waals surface area contributed by atoms with E-state index in [0.717, 1.165) is 25.7 Å². The largest absolute Gasteiger partial charge is 0.498 e. The molecule has 5 atom stereocenters. The summed E-state index contributed by atoms with van der Waals surface area (Å²) in [5.74, 6) is -0.756. The van der Waals surface area contributed by atoms with Crippen molar-refractivity contribution in [1.29, 1.82) is 0 Å². The number of alkyl halides is 4. The lowest BCUT2D eigenvalue weighted by Crippen LogP contribution is -2.54. The fraction of sp³-hybridized carbons (Fsp3) is 0.857. The second kappa shape index (κ2) is 6.02. The van der Waals surface area contributed by atoms with E-state index in [0.29, 0.717) is 12.8 Å². The monoisotopic (exact) mass is 404 g/mol. The average Bonchev–Trinajstić information content (AvgIpc) is 2.38. The highest BCUT2D eigenvalue weighted by atomic mass is 127. The molecule has 6 heteroatoms. The Hall–Kier alpha value is 0.0200. The molecule has 2 nitrogen and oxygen atoms in total. The zero-order valence-corrected chi connectivity index (χ0v) is 13.4. The third-order valence-corrected chi connectivity index (χ3v) is 6.20. The van der Waals surface area contributed by atoms with Crippen molar-refractivity contribution in [3.05, 3.63) is 12.8 Å². The summed E-state index contributed by atoms with van der Waals surface area (Å²) in [6.07, 6.45) is 1.23. The third kappa shape index (κ3) is 2.96. The van der Waals surface area contributed by atoms with Gasteiger partial charge in [0.25, 0.3) is 0 Å². The summed E-state index contributed by atoms with van der Waals surface area (Å²) in [5.41, 5.74) is 0. The van der Waals surface area contributed by atoms with Gasteiger partial charge in [-0.1, -0.05) is 19.4 Å². The molecular formula is C14H20F3IO2. The number of aliphatic hydroxyl groups is 1. The van der Waals surface area contributed by atoms with Crippen LogP contribution in [0.2, 0.25) is 0 Å². The summed E-state index contributed by atoms with van der Waals surface area (Å²) in [6, 6.07) is 0. The minimum atomic E-state index is -4.59. The van der Waals surface area contributed by atoms with Crippen LogP contribution in [0.25, 0.3) is 0 Å². The Morgan fingerprint density at radius 3 is 2.25 bits per heavy atom. The van der Waals surface area contributed by atoms with E-state index >= 15 is 0 Å². The fourth-order valence-electron chi connectivity index (χ4n) is 3.90. The van der Waals surface area contributed by atoms with Crippen LogP contribution in [0.5, 0.6) is 0 Å². The van der Waals surface area contributed by atoms with Crippen molar-refractivity contribution in [2.24, 2.45) is 17.8 Å². The molecule has 0 aromatic heterocycles. The summed E-state index contributed by atoms with van der Waals surface area (Å²) in [5, 5.41) is 10.0. The fourth-order valence-corrected chi connectivity index (χ4v) is 4.67. The van der Waals surface area contributed by atoms with Gasteiger partial charge in [0.1, 0.15) is 6.10 Å². The minimum Gasteiger partial charge on any atom is -0.498 e. The van der Waals surface area contributed by atoms with Gasteiger partial charge in [-0.25, -0.2) is 0 Å². The highest BCUT2D eigenvalue weighted by molar-refractivity contribution is 14.1. The smallest absolute Gasteiger partial charge is 0.426 e. The SMILES string of the molecule is C=COC1CCC(C(O)(I)C(F)(F)F)C2CCCCC12. The van der Waals surface area contributed by atoms with E-state index in [9.17, 15) is 18.3 Å². The van der Waals surface area contributed by atoms with E-state index < -0.39 is 15.7 Å². The second-order valence-electron chi connectivity index (χ2n) is 5.81. The molecule has 2 saturated carbocycles. The molecule has 0 amide bonds. The van der Waals surface area contributed by atoms with E-state index in [2.05, 4.69) is 6.58 Å². The molecule has 1 N–H and O–H groups in total. The van der Waals surface area contributed by atoms with Gasteiger partial charge in [0.05, 0.1) is 6.26 Å². The van der Waals surface area contributed by atoms with Crippen LogP contribution in [0.15, 0.2) is 12.8 Å². The molecular weight excluding hydrogens is 384 g/mol. The van der Waals surface area contributed by atoms with Crippen molar-refractivity contribution in [2.75, 3.05) is 0 Å². The lowest BCUT2D eigenvalue weighted by molar-refractivity contribution is -0.244. The van der Waals surface area contributed by atoms with Crippen LogP contribution in [-0.4, -0.2) is 21.0 Å². The van der Waals surface area contributed by atoms with E-state index in [-0.39, 0.29) is 17.9 Å². The van der Waals surface area contributed by atoms with Gasteiger partial charge in [0, 0.05) is 5.92 Å². The molecule has 0 saturated heterocycles. The van der Waals surface area contributed by atoms with Gasteiger partial charge in [-0.2, -0.15) is 13.2 Å². The van der Waals surface area contributed by atoms with Gasteiger partial charge in [-0.3, -0.25) is 0 Å². The van der Waals surface area contributed by atoms with Crippen molar-refractivity contribution >= 4 is 22.6 Å². The summed E-state index contributed by atoms with van der Waals surface area (Å²) in [6.45, 7) is 3.55. The molecule has 0 radical (unpaired) electrons. The van der Waals surface area contributed by atoms with Crippen molar-refractivity contribution < 1.29 is 23.0 Å². The molecule has 2 aliphatic carbocycles.